The summed E-state index contributed by atoms with van der Waals surface area (Å²) in [5.74, 6) is -0.719. The number of amides is 1. The zero-order valence-electron chi connectivity index (χ0n) is 16.4. The second-order valence-corrected chi connectivity index (χ2v) is 9.54. The summed E-state index contributed by atoms with van der Waals surface area (Å²) < 4.78 is 0.744. The molecule has 1 unspecified atom stereocenters. The fraction of sp³-hybridized carbons (Fsp3) is 0.120. The average molecular weight is 492 g/mol. The lowest BCUT2D eigenvalue weighted by molar-refractivity contribution is -0.136. The molecular weight excluding hydrogens is 474 g/mol. The zero-order valence-corrected chi connectivity index (χ0v) is 18.8. The summed E-state index contributed by atoms with van der Waals surface area (Å²) in [5.41, 5.74) is 0.145. The van der Waals surface area contributed by atoms with Crippen molar-refractivity contribution in [3.63, 3.8) is 0 Å². The Balaban J connectivity index is 1.52. The molecule has 4 nitrogen and oxygen atoms in total. The van der Waals surface area contributed by atoms with E-state index < -0.39 is 11.5 Å². The molecule has 31 heavy (non-hydrogen) atoms. The van der Waals surface area contributed by atoms with Gasteiger partial charge in [-0.2, -0.15) is 0 Å². The highest BCUT2D eigenvalue weighted by molar-refractivity contribution is 9.10. The zero-order chi connectivity index (χ0) is 21.6. The minimum Gasteiger partial charge on any atom is -0.375 e. The van der Waals surface area contributed by atoms with E-state index in [1.165, 1.54) is 11.3 Å². The third-order valence-corrected chi connectivity index (χ3v) is 7.07. The molecule has 1 N–H and O–H groups in total. The van der Waals surface area contributed by atoms with Gasteiger partial charge in [-0.05, 0) is 52.0 Å². The lowest BCUT2D eigenvalue weighted by Gasteiger charge is -2.22. The van der Waals surface area contributed by atoms with Gasteiger partial charge in [0.05, 0.1) is 23.5 Å². The number of hydrogen-bond acceptors (Lipinski definition) is 4. The van der Waals surface area contributed by atoms with Crippen molar-refractivity contribution < 1.29 is 14.7 Å². The number of Topliss-reactive ketones (excluding diaryl/α,β-unsaturated/α-hetero) is 1. The van der Waals surface area contributed by atoms with Crippen molar-refractivity contribution in [1.29, 1.82) is 0 Å². The first-order chi connectivity index (χ1) is 15.0. The third-order valence-electron chi connectivity index (χ3n) is 5.66. The SMILES string of the molecule is O=C(CC1(O)C(=O)N(Cc2ccc3ccccc3c2)c2ccc(Br)cc21)c1cccs1. The first kappa shape index (κ1) is 20.1. The smallest absolute Gasteiger partial charge is 0.264 e. The second-order valence-electron chi connectivity index (χ2n) is 7.67. The topological polar surface area (TPSA) is 57.6 Å². The van der Waals surface area contributed by atoms with Crippen LogP contribution in [0.1, 0.15) is 27.2 Å². The molecule has 0 radical (unpaired) electrons. The molecule has 0 spiro atoms. The van der Waals surface area contributed by atoms with E-state index in [4.69, 9.17) is 0 Å². The van der Waals surface area contributed by atoms with E-state index in [1.807, 2.05) is 53.9 Å². The number of halogens is 1. The van der Waals surface area contributed by atoms with E-state index in [0.29, 0.717) is 22.7 Å². The van der Waals surface area contributed by atoms with Gasteiger partial charge in [-0.25, -0.2) is 0 Å². The van der Waals surface area contributed by atoms with Crippen molar-refractivity contribution in [2.24, 2.45) is 0 Å². The van der Waals surface area contributed by atoms with E-state index >= 15 is 0 Å². The molecule has 2 heterocycles. The highest BCUT2D eigenvalue weighted by Crippen LogP contribution is 2.45. The maximum atomic E-state index is 13.5. The van der Waals surface area contributed by atoms with Crippen LogP contribution in [0, 0.1) is 0 Å². The third kappa shape index (κ3) is 3.51. The van der Waals surface area contributed by atoms with Crippen molar-refractivity contribution in [3.8, 4) is 0 Å². The van der Waals surface area contributed by atoms with Gasteiger partial charge in [0.2, 0.25) is 0 Å². The highest BCUT2D eigenvalue weighted by Gasteiger charge is 2.51. The Labute approximate surface area is 191 Å². The molecule has 3 aromatic carbocycles. The average Bonchev–Trinajstić information content (AvgIpc) is 3.37. The number of nitrogens with zero attached hydrogens (tertiary/aromatic N) is 1. The molecule has 5 rings (SSSR count). The molecule has 1 aromatic heterocycles. The van der Waals surface area contributed by atoms with E-state index in [-0.39, 0.29) is 12.2 Å². The van der Waals surface area contributed by atoms with Crippen LogP contribution in [0.25, 0.3) is 10.8 Å². The molecule has 0 saturated carbocycles. The molecule has 0 saturated heterocycles. The number of anilines is 1. The summed E-state index contributed by atoms with van der Waals surface area (Å²) >= 11 is 4.74. The highest BCUT2D eigenvalue weighted by atomic mass is 79.9. The predicted molar refractivity (Wildman–Crippen MR) is 126 cm³/mol. The maximum absolute atomic E-state index is 13.5. The van der Waals surface area contributed by atoms with Crippen molar-refractivity contribution >= 4 is 55.4 Å². The van der Waals surface area contributed by atoms with E-state index in [1.54, 1.807) is 23.1 Å². The van der Waals surface area contributed by atoms with Crippen LogP contribution in [-0.4, -0.2) is 16.8 Å². The summed E-state index contributed by atoms with van der Waals surface area (Å²) in [6.07, 6.45) is -0.288. The Kier molecular flexibility index (Phi) is 5.01. The Bertz CT molecular complexity index is 1320. The summed E-state index contributed by atoms with van der Waals surface area (Å²) in [6.45, 7) is 0.313. The monoisotopic (exact) mass is 491 g/mol. The van der Waals surface area contributed by atoms with Gasteiger partial charge < -0.3 is 10.0 Å². The fourth-order valence-corrected chi connectivity index (χ4v) is 5.15. The lowest BCUT2D eigenvalue weighted by atomic mass is 9.89. The number of aliphatic hydroxyl groups is 1. The predicted octanol–water partition coefficient (Wildman–Crippen LogP) is 5.67. The normalized spacial score (nSPS) is 17.9. The second kappa shape index (κ2) is 7.71. The quantitative estimate of drug-likeness (QED) is 0.365. The summed E-state index contributed by atoms with van der Waals surface area (Å²) in [5, 5.41) is 15.5. The number of carbonyl (C=O) groups excluding carboxylic acids is 2. The number of hydrogen-bond donors (Lipinski definition) is 1. The maximum Gasteiger partial charge on any atom is 0.264 e. The molecule has 0 fully saturated rings. The molecular formula is C25H18BrNO3S. The summed E-state index contributed by atoms with van der Waals surface area (Å²) in [4.78, 5) is 28.4. The number of benzene rings is 3. The van der Waals surface area contributed by atoms with Crippen LogP contribution in [0.5, 0.6) is 0 Å². The number of thiophene rings is 1. The van der Waals surface area contributed by atoms with Crippen LogP contribution in [0.15, 0.2) is 82.6 Å². The van der Waals surface area contributed by atoms with E-state index in [0.717, 1.165) is 20.8 Å². The Morgan fingerprint density at radius 2 is 1.81 bits per heavy atom. The van der Waals surface area contributed by atoms with Crippen LogP contribution >= 0.6 is 27.3 Å². The van der Waals surface area contributed by atoms with Crippen molar-refractivity contribution in [2.45, 2.75) is 18.6 Å². The van der Waals surface area contributed by atoms with Crippen LogP contribution < -0.4 is 4.90 Å². The molecule has 0 aliphatic carbocycles. The van der Waals surface area contributed by atoms with Crippen LogP contribution in [0.4, 0.5) is 5.69 Å². The minimum atomic E-state index is -1.89. The standard InChI is InChI=1S/C25H18BrNO3S/c26-19-9-10-21-20(13-19)25(30,14-22(28)23-6-3-11-31-23)24(29)27(21)15-16-7-8-17-4-1-2-5-18(17)12-16/h1-13,30H,14-15H2. The van der Waals surface area contributed by atoms with Crippen molar-refractivity contribution in [1.82, 2.24) is 0 Å². The lowest BCUT2D eigenvalue weighted by Crippen LogP contribution is -2.41. The van der Waals surface area contributed by atoms with Crippen LogP contribution in [-0.2, 0) is 16.9 Å². The molecule has 1 aliphatic rings. The first-order valence-corrected chi connectivity index (χ1v) is 11.5. The first-order valence-electron chi connectivity index (χ1n) is 9.84. The van der Waals surface area contributed by atoms with Crippen LogP contribution in [0.2, 0.25) is 0 Å². The van der Waals surface area contributed by atoms with Gasteiger partial charge in [0.25, 0.3) is 5.91 Å². The molecule has 1 atom stereocenters. The Morgan fingerprint density at radius 3 is 2.58 bits per heavy atom. The molecule has 1 amide bonds. The number of ketones is 1. The molecule has 4 aromatic rings. The van der Waals surface area contributed by atoms with Gasteiger partial charge in [-0.1, -0.05) is 58.4 Å². The number of carbonyl (C=O) groups is 2. The van der Waals surface area contributed by atoms with Gasteiger partial charge in [-0.3, -0.25) is 9.59 Å². The van der Waals surface area contributed by atoms with E-state index in [2.05, 4.69) is 22.0 Å². The van der Waals surface area contributed by atoms with Gasteiger partial charge in [0.1, 0.15) is 0 Å². The molecule has 154 valence electrons. The summed E-state index contributed by atoms with van der Waals surface area (Å²) in [6, 6.07) is 23.0. The molecule has 6 heteroatoms. The molecule has 1 aliphatic heterocycles. The Hall–Kier alpha value is -2.80. The minimum absolute atomic E-state index is 0.246. The molecule has 0 bridgehead atoms. The van der Waals surface area contributed by atoms with E-state index in [9.17, 15) is 14.7 Å². The van der Waals surface area contributed by atoms with Crippen molar-refractivity contribution in [3.05, 3.63) is 98.7 Å². The summed E-state index contributed by atoms with van der Waals surface area (Å²) in [7, 11) is 0. The number of fused-ring (bicyclic) bond motifs is 2. The Morgan fingerprint density at radius 1 is 1.00 bits per heavy atom. The largest absolute Gasteiger partial charge is 0.375 e. The fourth-order valence-electron chi connectivity index (χ4n) is 4.13. The van der Waals surface area contributed by atoms with Gasteiger partial charge in [0.15, 0.2) is 11.4 Å². The van der Waals surface area contributed by atoms with Crippen LogP contribution in [0.3, 0.4) is 0 Å². The van der Waals surface area contributed by atoms with Gasteiger partial charge >= 0.3 is 0 Å². The number of rotatable bonds is 5. The van der Waals surface area contributed by atoms with Crippen molar-refractivity contribution in [2.75, 3.05) is 4.90 Å². The van der Waals surface area contributed by atoms with Gasteiger partial charge in [0, 0.05) is 10.0 Å². The van der Waals surface area contributed by atoms with Gasteiger partial charge in [-0.15, -0.1) is 11.3 Å².